The molecule has 8 rings (SSSR count). The highest BCUT2D eigenvalue weighted by Crippen LogP contribution is 2.51. The molecule has 7 aromatic carbocycles. The Morgan fingerprint density at radius 3 is 1.07 bits per heavy atom. The number of nitrogens with zero attached hydrogens (tertiary/aromatic N) is 3. The van der Waals surface area contributed by atoms with Crippen LogP contribution in [0.1, 0.15) is 116 Å². The van der Waals surface area contributed by atoms with E-state index >= 15 is 0 Å². The second-order valence-electron chi connectivity index (χ2n) is 21.7. The Morgan fingerprint density at radius 2 is 0.739 bits per heavy atom. The minimum absolute atomic E-state index is 0.0820. The van der Waals surface area contributed by atoms with Crippen molar-refractivity contribution in [3.63, 3.8) is 0 Å². The summed E-state index contributed by atoms with van der Waals surface area (Å²) in [4.78, 5) is 10.6. The van der Waals surface area contributed by atoms with Crippen molar-refractivity contribution in [2.75, 3.05) is 0 Å². The Morgan fingerprint density at radius 1 is 0.420 bits per heavy atom. The third kappa shape index (κ3) is 10.3. The molecule has 0 radical (unpaired) electrons. The summed E-state index contributed by atoms with van der Waals surface area (Å²) in [5.74, 6) is 0.526. The zero-order chi connectivity index (χ0) is 49.0. The van der Waals surface area contributed by atoms with Gasteiger partial charge in [-0.15, -0.1) is 4.17 Å². The maximum atomic E-state index is 12.5. The smallest absolute Gasteiger partial charge is 0.301 e. The van der Waals surface area contributed by atoms with Gasteiger partial charge in [-0.25, -0.2) is 0 Å². The fraction of sp³-hybridized carbons (Fsp3) is 0.290. The standard InChI is InChI=1S/C62H69N3O2P2/c1-60(2,3)47-39-45(58(66)54(41-47)61(4,5)6)43-63-56-37-25-26-38-57(56)64-44-46-40-53(42-55(59(46)67)62(7,8)9)69(51-33-21-13-22-34-51,52-35-23-14-24-36-52)65-68(48-27-15-10-16-28-48,49-29-17-11-18-30-49)50-31-19-12-20-32-50/h10-24,27-36,39-44,56-57H,25-26,37-38H2,1-9H3,(H,63,66)/p+1. The molecule has 0 heterocycles. The summed E-state index contributed by atoms with van der Waals surface area (Å²) in [6.07, 6.45) is 7.68. The largest absolute Gasteiger partial charge is 0.507 e. The fourth-order valence-electron chi connectivity index (χ4n) is 9.67. The van der Waals surface area contributed by atoms with E-state index in [-0.39, 0.29) is 28.7 Å². The van der Waals surface area contributed by atoms with E-state index in [1.807, 2.05) is 12.4 Å². The van der Waals surface area contributed by atoms with Gasteiger partial charge in [-0.05, 0) is 114 Å². The zero-order valence-corrected chi connectivity index (χ0v) is 43.8. The summed E-state index contributed by atoms with van der Waals surface area (Å²) < 4.78 is 6.68. The highest BCUT2D eigenvalue weighted by molar-refractivity contribution is 7.93. The molecule has 2 N–H and O–H groups in total. The molecule has 69 heavy (non-hydrogen) atoms. The van der Waals surface area contributed by atoms with E-state index in [9.17, 15) is 10.2 Å². The van der Waals surface area contributed by atoms with Crippen LogP contribution in [-0.4, -0.2) is 34.7 Å². The molecule has 5 nitrogen and oxygen atoms in total. The molecule has 0 aliphatic heterocycles. The summed E-state index contributed by atoms with van der Waals surface area (Å²) >= 11 is 0. The number of benzene rings is 7. The first-order valence-electron chi connectivity index (χ1n) is 24.6. The van der Waals surface area contributed by atoms with Crippen molar-refractivity contribution in [1.29, 1.82) is 0 Å². The highest BCUT2D eigenvalue weighted by Gasteiger charge is 2.45. The fourth-order valence-corrected chi connectivity index (χ4v) is 19.2. The quantitative estimate of drug-likeness (QED) is 0.0814. The van der Waals surface area contributed by atoms with E-state index in [1.54, 1.807) is 0 Å². The van der Waals surface area contributed by atoms with Gasteiger partial charge in [0.2, 0.25) is 0 Å². The number of rotatable bonds is 10. The van der Waals surface area contributed by atoms with Crippen LogP contribution in [0.2, 0.25) is 0 Å². The number of hydrogen-bond donors (Lipinski definition) is 2. The molecule has 0 spiro atoms. The van der Waals surface area contributed by atoms with Crippen LogP contribution in [-0.2, 0) is 16.2 Å². The second-order valence-corrected chi connectivity index (χ2v) is 28.0. The van der Waals surface area contributed by atoms with Crippen molar-refractivity contribution in [2.24, 2.45) is 9.98 Å². The van der Waals surface area contributed by atoms with Crippen molar-refractivity contribution in [3.8, 4) is 11.5 Å². The van der Waals surface area contributed by atoms with Gasteiger partial charge in [-0.1, -0.05) is 172 Å². The monoisotopic (exact) mass is 950 g/mol. The van der Waals surface area contributed by atoms with E-state index < -0.39 is 19.5 Å². The van der Waals surface area contributed by atoms with Gasteiger partial charge in [0.05, 0.1) is 43.9 Å². The summed E-state index contributed by atoms with van der Waals surface area (Å²) in [5.41, 5.74) is 3.59. The molecule has 7 aromatic rings. The van der Waals surface area contributed by atoms with Gasteiger partial charge in [0.1, 0.15) is 11.5 Å². The maximum absolute atomic E-state index is 12.5. The van der Waals surface area contributed by atoms with Crippen molar-refractivity contribution < 1.29 is 10.2 Å². The third-order valence-electron chi connectivity index (χ3n) is 13.5. The maximum Gasteiger partial charge on any atom is 0.301 e. The van der Waals surface area contributed by atoms with Gasteiger partial charge in [-0.3, -0.25) is 9.98 Å². The first-order chi connectivity index (χ1) is 32.9. The van der Waals surface area contributed by atoms with Gasteiger partial charge in [-0.2, -0.15) is 0 Å². The lowest BCUT2D eigenvalue weighted by atomic mass is 9.79. The molecule has 354 valence electrons. The molecule has 1 saturated carbocycles. The second kappa shape index (κ2) is 20.2. The first kappa shape index (κ1) is 49.5. The van der Waals surface area contributed by atoms with Crippen LogP contribution >= 0.6 is 14.1 Å². The molecular weight excluding hydrogens is 881 g/mol. The normalized spacial score (nSPS) is 16.2. The summed E-state index contributed by atoms with van der Waals surface area (Å²) in [5, 5.41) is 31.0. The van der Waals surface area contributed by atoms with Crippen LogP contribution < -0.4 is 36.0 Å². The molecule has 2 unspecified atom stereocenters. The molecule has 0 saturated heterocycles. The number of aliphatic imine (C=N–C) groups is 2. The Hall–Kier alpha value is -5.95. The van der Waals surface area contributed by atoms with Gasteiger partial charge in [0.15, 0.2) is 0 Å². The minimum Gasteiger partial charge on any atom is -0.507 e. The van der Waals surface area contributed by atoms with Gasteiger partial charge >= 0.3 is 14.1 Å². The minimum atomic E-state index is -3.01. The molecule has 1 aliphatic rings. The summed E-state index contributed by atoms with van der Waals surface area (Å²) in [6, 6.07) is 62.9. The lowest BCUT2D eigenvalue weighted by molar-refractivity contribution is 0.390. The molecule has 1 fully saturated rings. The lowest BCUT2D eigenvalue weighted by Crippen LogP contribution is -2.32. The predicted octanol–water partition coefficient (Wildman–Crippen LogP) is 12.6. The Bertz CT molecular complexity index is 2920. The Balaban J connectivity index is 1.42. The highest BCUT2D eigenvalue weighted by atomic mass is 31.2. The molecule has 7 heteroatoms. The summed E-state index contributed by atoms with van der Waals surface area (Å²) in [7, 11) is -5.83. The molecule has 0 bridgehead atoms. The SMILES string of the molecule is CC(C)(C)c1cc(C=NC2CCCCC2N=Cc2cc(P(=[N+]=P(c3ccccc3)(c3ccccc3)c3ccccc3)(c3ccccc3)c3ccccc3)cc(C(C)(C)C)c2O)c(O)c(C(C)(C)C)c1. The van der Waals surface area contributed by atoms with Crippen molar-refractivity contribution >= 4 is 58.4 Å². The van der Waals surface area contributed by atoms with E-state index in [0.717, 1.165) is 58.3 Å². The van der Waals surface area contributed by atoms with Crippen LogP contribution in [0.25, 0.3) is 0 Å². The first-order valence-corrected chi connectivity index (χ1v) is 28.0. The van der Waals surface area contributed by atoms with E-state index in [1.165, 1.54) is 21.5 Å². The van der Waals surface area contributed by atoms with Crippen LogP contribution in [0.4, 0.5) is 0 Å². The van der Waals surface area contributed by atoms with Crippen LogP contribution in [0.15, 0.2) is 186 Å². The third-order valence-corrected chi connectivity index (χ3v) is 21.9. The number of aromatic hydroxyl groups is 2. The van der Waals surface area contributed by atoms with Crippen LogP contribution in [0, 0.1) is 0 Å². The summed E-state index contributed by atoms with van der Waals surface area (Å²) in [6.45, 7) is 19.6. The molecular formula is C62H70N3O2P2+. The number of hydrogen-bond acceptors (Lipinski definition) is 4. The average Bonchev–Trinajstić information content (AvgIpc) is 3.34. The number of phenols is 2. The molecule has 0 amide bonds. The average molecular weight is 951 g/mol. The lowest BCUT2D eigenvalue weighted by Gasteiger charge is -2.28. The van der Waals surface area contributed by atoms with Crippen LogP contribution in [0.3, 0.4) is 0 Å². The molecule has 1 aliphatic carbocycles. The van der Waals surface area contributed by atoms with Gasteiger partial charge in [0, 0.05) is 34.7 Å². The molecule has 0 aromatic heterocycles. The van der Waals surface area contributed by atoms with Gasteiger partial charge < -0.3 is 10.2 Å². The van der Waals surface area contributed by atoms with Crippen molar-refractivity contribution in [1.82, 2.24) is 4.17 Å². The van der Waals surface area contributed by atoms with E-state index in [0.29, 0.717) is 11.3 Å². The Labute approximate surface area is 412 Å². The molecule has 2 atom stereocenters. The van der Waals surface area contributed by atoms with Crippen LogP contribution in [0.5, 0.6) is 11.5 Å². The van der Waals surface area contributed by atoms with Crippen molar-refractivity contribution in [2.45, 2.75) is 116 Å². The van der Waals surface area contributed by atoms with Gasteiger partial charge in [0.25, 0.3) is 0 Å². The Kier molecular flexibility index (Phi) is 14.5. The predicted molar refractivity (Wildman–Crippen MR) is 300 cm³/mol. The van der Waals surface area contributed by atoms with Crippen molar-refractivity contribution in [3.05, 3.63) is 204 Å². The van der Waals surface area contributed by atoms with E-state index in [2.05, 4.69) is 238 Å². The topological polar surface area (TPSA) is 79.3 Å². The van der Waals surface area contributed by atoms with E-state index in [4.69, 9.17) is 14.2 Å². The number of phenolic OH excluding ortho intramolecular Hbond substituents is 2. The zero-order valence-electron chi connectivity index (χ0n) is 42.0.